The normalized spacial score (nSPS) is 17.9. The molecule has 0 bridgehead atoms. The van der Waals surface area contributed by atoms with Gasteiger partial charge in [0.1, 0.15) is 0 Å². The van der Waals surface area contributed by atoms with E-state index in [1.54, 1.807) is 24.3 Å². The van der Waals surface area contributed by atoms with E-state index in [9.17, 15) is 9.59 Å². The van der Waals surface area contributed by atoms with E-state index in [1.807, 2.05) is 0 Å². The minimum Gasteiger partial charge on any atom is -0.478 e. The van der Waals surface area contributed by atoms with Gasteiger partial charge in [-0.2, -0.15) is 0 Å². The topological polar surface area (TPSA) is 78.4 Å². The van der Waals surface area contributed by atoms with E-state index in [0.29, 0.717) is 25.3 Å². The molecule has 1 fully saturated rings. The molecule has 1 unspecified atom stereocenters. The molecule has 0 spiro atoms. The summed E-state index contributed by atoms with van der Waals surface area (Å²) in [5, 5.41) is 15.0. The van der Waals surface area contributed by atoms with E-state index in [4.69, 9.17) is 5.11 Å². The Morgan fingerprint density at radius 3 is 2.65 bits per heavy atom. The van der Waals surface area contributed by atoms with Crippen molar-refractivity contribution in [3.63, 3.8) is 0 Å². The van der Waals surface area contributed by atoms with Crippen LogP contribution in [0.4, 0.5) is 0 Å². The molecule has 1 heterocycles. The van der Waals surface area contributed by atoms with Gasteiger partial charge in [-0.25, -0.2) is 4.79 Å². The number of nitrogens with one attached hydrogen (secondary N) is 2. The van der Waals surface area contributed by atoms with Crippen molar-refractivity contribution in [2.75, 3.05) is 19.6 Å². The summed E-state index contributed by atoms with van der Waals surface area (Å²) < 4.78 is 0. The molecule has 2 rings (SSSR count). The molecule has 5 nitrogen and oxygen atoms in total. The zero-order valence-electron chi connectivity index (χ0n) is 11.4. The first-order valence-corrected chi connectivity index (χ1v) is 6.95. The second kappa shape index (κ2) is 7.05. The lowest BCUT2D eigenvalue weighted by atomic mass is 10.0. The minimum absolute atomic E-state index is 0.0980. The first-order chi connectivity index (χ1) is 9.65. The lowest BCUT2D eigenvalue weighted by molar-refractivity contribution is -0.121. The molecule has 1 amide bonds. The third-order valence-electron chi connectivity index (χ3n) is 3.57. The van der Waals surface area contributed by atoms with Gasteiger partial charge in [0, 0.05) is 13.0 Å². The van der Waals surface area contributed by atoms with Crippen molar-refractivity contribution in [3.8, 4) is 0 Å². The highest BCUT2D eigenvalue weighted by Crippen LogP contribution is 2.11. The van der Waals surface area contributed by atoms with Crippen molar-refractivity contribution in [2.24, 2.45) is 5.92 Å². The average molecular weight is 276 g/mol. The fourth-order valence-electron chi connectivity index (χ4n) is 2.38. The molecular formula is C15H20N2O3. The SMILES string of the molecule is O=C(CC1CCNC1)NCCc1ccc(C(=O)O)cc1. The third kappa shape index (κ3) is 4.35. The fourth-order valence-corrected chi connectivity index (χ4v) is 2.38. The molecule has 1 aliphatic rings. The zero-order valence-corrected chi connectivity index (χ0v) is 11.4. The summed E-state index contributed by atoms with van der Waals surface area (Å²) in [5.41, 5.74) is 1.31. The number of carbonyl (C=O) groups is 2. The summed E-state index contributed by atoms with van der Waals surface area (Å²) in [6.45, 7) is 2.53. The standard InChI is InChI=1S/C15H20N2O3/c18-14(9-12-5-7-16-10-12)17-8-6-11-1-3-13(4-2-11)15(19)20/h1-4,12,16H,5-10H2,(H,17,18)(H,19,20). The van der Waals surface area contributed by atoms with Crippen LogP contribution in [0.5, 0.6) is 0 Å². The van der Waals surface area contributed by atoms with Crippen molar-refractivity contribution >= 4 is 11.9 Å². The molecule has 1 atom stereocenters. The smallest absolute Gasteiger partial charge is 0.335 e. The fraction of sp³-hybridized carbons (Fsp3) is 0.467. The number of rotatable bonds is 6. The van der Waals surface area contributed by atoms with Gasteiger partial charge in [0.2, 0.25) is 5.91 Å². The average Bonchev–Trinajstić information content (AvgIpc) is 2.92. The van der Waals surface area contributed by atoms with E-state index in [-0.39, 0.29) is 11.5 Å². The molecule has 0 aliphatic carbocycles. The van der Waals surface area contributed by atoms with Gasteiger partial charge >= 0.3 is 5.97 Å². The Labute approximate surface area is 118 Å². The van der Waals surface area contributed by atoms with Crippen LogP contribution in [0.2, 0.25) is 0 Å². The van der Waals surface area contributed by atoms with Crippen molar-refractivity contribution in [2.45, 2.75) is 19.3 Å². The number of carbonyl (C=O) groups excluding carboxylic acids is 1. The molecular weight excluding hydrogens is 256 g/mol. The molecule has 5 heteroatoms. The summed E-state index contributed by atoms with van der Waals surface area (Å²) >= 11 is 0. The third-order valence-corrected chi connectivity index (χ3v) is 3.57. The monoisotopic (exact) mass is 276 g/mol. The van der Waals surface area contributed by atoms with Crippen molar-refractivity contribution in [1.82, 2.24) is 10.6 Å². The van der Waals surface area contributed by atoms with Gasteiger partial charge in [-0.1, -0.05) is 12.1 Å². The van der Waals surface area contributed by atoms with E-state index in [0.717, 1.165) is 25.1 Å². The molecule has 0 aromatic heterocycles. The first kappa shape index (κ1) is 14.5. The summed E-state index contributed by atoms with van der Waals surface area (Å²) in [6, 6.07) is 6.75. The van der Waals surface area contributed by atoms with E-state index in [1.165, 1.54) is 0 Å². The summed E-state index contributed by atoms with van der Waals surface area (Å²) in [4.78, 5) is 22.4. The van der Waals surface area contributed by atoms with Gasteiger partial charge in [0.25, 0.3) is 0 Å². The Hall–Kier alpha value is -1.88. The van der Waals surface area contributed by atoms with Crippen LogP contribution in [-0.2, 0) is 11.2 Å². The minimum atomic E-state index is -0.921. The van der Waals surface area contributed by atoms with Crippen molar-refractivity contribution < 1.29 is 14.7 Å². The number of hydrogen-bond donors (Lipinski definition) is 3. The highest BCUT2D eigenvalue weighted by molar-refractivity contribution is 5.87. The Morgan fingerprint density at radius 1 is 1.30 bits per heavy atom. The van der Waals surface area contributed by atoms with Gasteiger partial charge in [-0.3, -0.25) is 4.79 Å². The summed E-state index contributed by atoms with van der Waals surface area (Å²) in [5.74, 6) is -0.360. The number of aromatic carboxylic acids is 1. The largest absolute Gasteiger partial charge is 0.478 e. The maximum Gasteiger partial charge on any atom is 0.335 e. The van der Waals surface area contributed by atoms with Crippen LogP contribution < -0.4 is 10.6 Å². The Balaban J connectivity index is 1.69. The lowest BCUT2D eigenvalue weighted by Gasteiger charge is -2.09. The van der Waals surface area contributed by atoms with E-state index < -0.39 is 5.97 Å². The highest BCUT2D eigenvalue weighted by Gasteiger charge is 2.17. The number of amides is 1. The van der Waals surface area contributed by atoms with Gasteiger partial charge in [-0.15, -0.1) is 0 Å². The maximum atomic E-state index is 11.7. The van der Waals surface area contributed by atoms with Crippen LogP contribution in [0, 0.1) is 5.92 Å². The van der Waals surface area contributed by atoms with Crippen LogP contribution >= 0.6 is 0 Å². The molecule has 3 N–H and O–H groups in total. The number of carboxylic acids is 1. The van der Waals surface area contributed by atoms with Gasteiger partial charge in [0.05, 0.1) is 5.56 Å². The van der Waals surface area contributed by atoms with Gasteiger partial charge in [-0.05, 0) is 49.5 Å². The number of benzene rings is 1. The van der Waals surface area contributed by atoms with Crippen LogP contribution in [0.15, 0.2) is 24.3 Å². The second-order valence-electron chi connectivity index (χ2n) is 5.16. The molecule has 108 valence electrons. The molecule has 1 aromatic carbocycles. The first-order valence-electron chi connectivity index (χ1n) is 6.95. The van der Waals surface area contributed by atoms with Crippen molar-refractivity contribution in [3.05, 3.63) is 35.4 Å². The van der Waals surface area contributed by atoms with E-state index >= 15 is 0 Å². The Bertz CT molecular complexity index is 465. The molecule has 1 aromatic rings. The molecule has 0 saturated carbocycles. The predicted molar refractivity (Wildman–Crippen MR) is 75.7 cm³/mol. The Kier molecular flexibility index (Phi) is 5.12. The lowest BCUT2D eigenvalue weighted by Crippen LogP contribution is -2.28. The quantitative estimate of drug-likeness (QED) is 0.725. The summed E-state index contributed by atoms with van der Waals surface area (Å²) in [6.07, 6.45) is 2.38. The van der Waals surface area contributed by atoms with Crippen LogP contribution in [-0.4, -0.2) is 36.6 Å². The van der Waals surface area contributed by atoms with Crippen LogP contribution in [0.25, 0.3) is 0 Å². The van der Waals surface area contributed by atoms with Gasteiger partial charge in [0.15, 0.2) is 0 Å². The molecule has 1 saturated heterocycles. The van der Waals surface area contributed by atoms with Gasteiger partial charge < -0.3 is 15.7 Å². The molecule has 1 aliphatic heterocycles. The molecule has 0 radical (unpaired) electrons. The number of carboxylic acid groups (broad SMARTS) is 1. The predicted octanol–water partition coefficient (Wildman–Crippen LogP) is 1.04. The maximum absolute atomic E-state index is 11.7. The van der Waals surface area contributed by atoms with Crippen LogP contribution in [0.1, 0.15) is 28.8 Å². The summed E-state index contributed by atoms with van der Waals surface area (Å²) in [7, 11) is 0. The van der Waals surface area contributed by atoms with Crippen LogP contribution in [0.3, 0.4) is 0 Å². The molecule has 20 heavy (non-hydrogen) atoms. The van der Waals surface area contributed by atoms with E-state index in [2.05, 4.69) is 10.6 Å². The zero-order chi connectivity index (χ0) is 14.4. The number of hydrogen-bond acceptors (Lipinski definition) is 3. The Morgan fingerprint density at radius 2 is 2.05 bits per heavy atom. The second-order valence-corrected chi connectivity index (χ2v) is 5.16. The van der Waals surface area contributed by atoms with Crippen molar-refractivity contribution in [1.29, 1.82) is 0 Å². The highest BCUT2D eigenvalue weighted by atomic mass is 16.4.